The van der Waals surface area contributed by atoms with E-state index >= 15 is 0 Å². The first kappa shape index (κ1) is 20.9. The summed E-state index contributed by atoms with van der Waals surface area (Å²) in [4.78, 5) is 12.7. The average Bonchev–Trinajstić information content (AvgIpc) is 2.68. The summed E-state index contributed by atoms with van der Waals surface area (Å²) in [6.07, 6.45) is 0. The van der Waals surface area contributed by atoms with Gasteiger partial charge in [0.1, 0.15) is 17.3 Å². The highest BCUT2D eigenvalue weighted by Gasteiger charge is 2.36. The van der Waals surface area contributed by atoms with Gasteiger partial charge in [0.15, 0.2) is 0 Å². The molecule has 1 N–H and O–H groups in total. The normalized spacial score (nSPS) is 16.1. The van der Waals surface area contributed by atoms with Crippen molar-refractivity contribution in [2.45, 2.75) is 31.7 Å². The van der Waals surface area contributed by atoms with Gasteiger partial charge in [-0.2, -0.15) is 4.72 Å². The SMILES string of the molecule is CCOC(=O)C1=C(C)Oc2ccc(OC)cc2[C@H]1NS(=O)(=O)c1ccc(C)cc1. The number of allylic oxidation sites excluding steroid dienone is 1. The molecule has 154 valence electrons. The second kappa shape index (κ2) is 8.26. The quantitative estimate of drug-likeness (QED) is 0.726. The smallest absolute Gasteiger partial charge is 0.339 e. The maximum absolute atomic E-state index is 13.1. The van der Waals surface area contributed by atoms with Crippen LogP contribution >= 0.6 is 0 Å². The van der Waals surface area contributed by atoms with E-state index in [1.165, 1.54) is 19.2 Å². The van der Waals surface area contributed by atoms with Crippen molar-refractivity contribution in [1.82, 2.24) is 4.72 Å². The summed E-state index contributed by atoms with van der Waals surface area (Å²) >= 11 is 0. The Morgan fingerprint density at radius 1 is 1.14 bits per heavy atom. The molecule has 0 fully saturated rings. The van der Waals surface area contributed by atoms with Crippen LogP contribution in [0.15, 0.2) is 58.7 Å². The van der Waals surface area contributed by atoms with E-state index < -0.39 is 22.0 Å². The number of ether oxygens (including phenoxy) is 3. The van der Waals surface area contributed by atoms with Crippen LogP contribution in [0.1, 0.15) is 31.0 Å². The Labute approximate surface area is 170 Å². The lowest BCUT2D eigenvalue weighted by atomic mass is 9.95. The number of nitrogens with one attached hydrogen (secondary N) is 1. The molecular formula is C21H23NO6S. The summed E-state index contributed by atoms with van der Waals surface area (Å²) in [5, 5.41) is 0. The fraction of sp³-hybridized carbons (Fsp3) is 0.286. The van der Waals surface area contributed by atoms with Crippen molar-refractivity contribution in [3.63, 3.8) is 0 Å². The summed E-state index contributed by atoms with van der Waals surface area (Å²) in [6, 6.07) is 10.5. The number of benzene rings is 2. The molecule has 0 spiro atoms. The Hall–Kier alpha value is -2.84. The number of carbonyl (C=O) groups is 1. The van der Waals surface area contributed by atoms with Gasteiger partial charge < -0.3 is 14.2 Å². The molecule has 1 atom stereocenters. The zero-order valence-electron chi connectivity index (χ0n) is 16.7. The van der Waals surface area contributed by atoms with Crippen LogP contribution in [-0.2, 0) is 19.6 Å². The second-order valence-electron chi connectivity index (χ2n) is 6.56. The lowest BCUT2D eigenvalue weighted by molar-refractivity contribution is -0.139. The number of aryl methyl sites for hydroxylation is 1. The van der Waals surface area contributed by atoms with Gasteiger partial charge >= 0.3 is 5.97 Å². The predicted molar refractivity (Wildman–Crippen MR) is 107 cm³/mol. The van der Waals surface area contributed by atoms with Crippen LogP contribution in [-0.4, -0.2) is 28.1 Å². The molecule has 0 saturated heterocycles. The summed E-state index contributed by atoms with van der Waals surface area (Å²) in [7, 11) is -2.43. The van der Waals surface area contributed by atoms with Crippen LogP contribution < -0.4 is 14.2 Å². The topological polar surface area (TPSA) is 90.9 Å². The van der Waals surface area contributed by atoms with Crippen molar-refractivity contribution in [2.75, 3.05) is 13.7 Å². The maximum Gasteiger partial charge on any atom is 0.339 e. The average molecular weight is 417 g/mol. The molecule has 1 aliphatic rings. The van der Waals surface area contributed by atoms with E-state index in [4.69, 9.17) is 14.2 Å². The molecule has 0 aliphatic carbocycles. The molecule has 2 aromatic rings. The highest BCUT2D eigenvalue weighted by molar-refractivity contribution is 7.89. The van der Waals surface area contributed by atoms with Crippen LogP contribution in [0, 0.1) is 6.92 Å². The van der Waals surface area contributed by atoms with Crippen molar-refractivity contribution >= 4 is 16.0 Å². The Balaban J connectivity index is 2.10. The van der Waals surface area contributed by atoms with Crippen LogP contribution in [0.4, 0.5) is 0 Å². The van der Waals surface area contributed by atoms with E-state index in [1.54, 1.807) is 44.2 Å². The van der Waals surface area contributed by atoms with Gasteiger partial charge in [-0.1, -0.05) is 17.7 Å². The first-order valence-electron chi connectivity index (χ1n) is 9.09. The molecule has 0 saturated carbocycles. The molecule has 29 heavy (non-hydrogen) atoms. The van der Waals surface area contributed by atoms with Gasteiger partial charge in [0.25, 0.3) is 0 Å². The lowest BCUT2D eigenvalue weighted by Gasteiger charge is -2.29. The van der Waals surface area contributed by atoms with Gasteiger partial charge in [-0.3, -0.25) is 0 Å². The third-order valence-corrected chi connectivity index (χ3v) is 6.00. The minimum absolute atomic E-state index is 0.0971. The van der Waals surface area contributed by atoms with E-state index in [0.717, 1.165) is 5.56 Å². The molecule has 8 heteroatoms. The first-order valence-corrected chi connectivity index (χ1v) is 10.6. The monoisotopic (exact) mass is 417 g/mol. The summed E-state index contributed by atoms with van der Waals surface area (Å²) in [6.45, 7) is 5.31. The fourth-order valence-corrected chi connectivity index (χ4v) is 4.27. The third-order valence-electron chi connectivity index (χ3n) is 4.56. The number of methoxy groups -OCH3 is 1. The number of rotatable bonds is 6. The number of hydrogen-bond acceptors (Lipinski definition) is 6. The Morgan fingerprint density at radius 3 is 2.45 bits per heavy atom. The van der Waals surface area contributed by atoms with E-state index in [1.807, 2.05) is 6.92 Å². The molecule has 0 radical (unpaired) electrons. The number of carbonyl (C=O) groups excluding carboxylic acids is 1. The number of hydrogen-bond donors (Lipinski definition) is 1. The molecular weight excluding hydrogens is 394 g/mol. The molecule has 1 aliphatic heterocycles. The summed E-state index contributed by atoms with van der Waals surface area (Å²) in [5.74, 6) is 0.579. The van der Waals surface area contributed by atoms with Crippen LogP contribution in [0.5, 0.6) is 11.5 Å². The van der Waals surface area contributed by atoms with Crippen molar-refractivity contribution < 1.29 is 27.4 Å². The zero-order valence-corrected chi connectivity index (χ0v) is 17.5. The van der Waals surface area contributed by atoms with E-state index in [0.29, 0.717) is 17.1 Å². The predicted octanol–water partition coefficient (Wildman–Crippen LogP) is 3.25. The Kier molecular flexibility index (Phi) is 5.95. The van der Waals surface area contributed by atoms with Crippen molar-refractivity contribution in [3.8, 4) is 11.5 Å². The summed E-state index contributed by atoms with van der Waals surface area (Å²) < 4.78 is 44.9. The van der Waals surface area contributed by atoms with Crippen LogP contribution in [0.25, 0.3) is 0 Å². The number of sulfonamides is 1. The third kappa shape index (κ3) is 4.28. The minimum atomic E-state index is -3.93. The van der Waals surface area contributed by atoms with Crippen molar-refractivity contribution in [2.24, 2.45) is 0 Å². The molecule has 0 aromatic heterocycles. The Morgan fingerprint density at radius 2 is 1.83 bits per heavy atom. The van der Waals surface area contributed by atoms with E-state index in [9.17, 15) is 13.2 Å². The van der Waals surface area contributed by atoms with Crippen LogP contribution in [0.2, 0.25) is 0 Å². The lowest BCUT2D eigenvalue weighted by Crippen LogP contribution is -2.35. The zero-order chi connectivity index (χ0) is 21.2. The minimum Gasteiger partial charge on any atom is -0.497 e. The molecule has 0 amide bonds. The highest BCUT2D eigenvalue weighted by Crippen LogP contribution is 2.40. The molecule has 7 nitrogen and oxygen atoms in total. The first-order chi connectivity index (χ1) is 13.8. The molecule has 0 bridgehead atoms. The largest absolute Gasteiger partial charge is 0.497 e. The molecule has 2 aromatic carbocycles. The van der Waals surface area contributed by atoms with Gasteiger partial charge in [0.05, 0.1) is 30.2 Å². The maximum atomic E-state index is 13.1. The molecule has 1 heterocycles. The molecule has 0 unspecified atom stereocenters. The second-order valence-corrected chi connectivity index (χ2v) is 8.28. The van der Waals surface area contributed by atoms with Gasteiger partial charge in [0.2, 0.25) is 10.0 Å². The standard InChI is InChI=1S/C21H23NO6S/c1-5-27-21(23)19-14(3)28-18-11-8-15(26-4)12-17(18)20(19)22-29(24,25)16-9-6-13(2)7-10-16/h6-12,20,22H,5H2,1-4H3/t20-/m1/s1. The summed E-state index contributed by atoms with van der Waals surface area (Å²) in [5.41, 5.74) is 1.50. The molecule has 3 rings (SSSR count). The van der Waals surface area contributed by atoms with E-state index in [2.05, 4.69) is 4.72 Å². The van der Waals surface area contributed by atoms with Gasteiger partial charge in [-0.15, -0.1) is 0 Å². The van der Waals surface area contributed by atoms with Gasteiger partial charge in [0, 0.05) is 5.56 Å². The fourth-order valence-electron chi connectivity index (χ4n) is 3.08. The van der Waals surface area contributed by atoms with E-state index in [-0.39, 0.29) is 22.8 Å². The van der Waals surface area contributed by atoms with Crippen molar-refractivity contribution in [1.29, 1.82) is 0 Å². The van der Waals surface area contributed by atoms with Gasteiger partial charge in [-0.25, -0.2) is 13.2 Å². The number of esters is 1. The number of fused-ring (bicyclic) bond motifs is 1. The van der Waals surface area contributed by atoms with Crippen LogP contribution in [0.3, 0.4) is 0 Å². The highest BCUT2D eigenvalue weighted by atomic mass is 32.2. The van der Waals surface area contributed by atoms with Gasteiger partial charge in [-0.05, 0) is 51.1 Å². The van der Waals surface area contributed by atoms with Crippen molar-refractivity contribution in [3.05, 3.63) is 64.9 Å². The Bertz CT molecular complexity index is 1060.